The lowest BCUT2D eigenvalue weighted by molar-refractivity contribution is 0.636. The van der Waals surface area contributed by atoms with E-state index >= 15 is 0 Å². The number of allylic oxidation sites excluding steroid dienone is 2. The topological polar surface area (TPSA) is 12.0 Å². The van der Waals surface area contributed by atoms with Crippen LogP contribution < -0.4 is 5.32 Å². The van der Waals surface area contributed by atoms with Crippen molar-refractivity contribution in [2.75, 3.05) is 6.54 Å². The van der Waals surface area contributed by atoms with E-state index in [1.165, 1.54) is 13.0 Å². The van der Waals surface area contributed by atoms with Crippen molar-refractivity contribution < 1.29 is 4.39 Å². The SMILES string of the molecule is C=C(/C=C(\C)F)NCCC. The van der Waals surface area contributed by atoms with Crippen molar-refractivity contribution in [3.05, 3.63) is 24.2 Å². The van der Waals surface area contributed by atoms with Gasteiger partial charge in [0.05, 0.1) is 5.83 Å². The van der Waals surface area contributed by atoms with E-state index in [1.54, 1.807) is 0 Å². The number of nitrogens with one attached hydrogen (secondary N) is 1. The van der Waals surface area contributed by atoms with E-state index in [0.29, 0.717) is 5.70 Å². The average molecular weight is 143 g/mol. The summed E-state index contributed by atoms with van der Waals surface area (Å²) in [7, 11) is 0. The van der Waals surface area contributed by atoms with E-state index < -0.39 is 0 Å². The van der Waals surface area contributed by atoms with Gasteiger partial charge >= 0.3 is 0 Å². The Labute approximate surface area is 61.6 Å². The predicted octanol–water partition coefficient (Wildman–Crippen LogP) is 2.37. The normalized spacial score (nSPS) is 11.3. The van der Waals surface area contributed by atoms with Gasteiger partial charge in [-0.15, -0.1) is 0 Å². The Morgan fingerprint density at radius 1 is 1.70 bits per heavy atom. The molecule has 0 aliphatic carbocycles. The van der Waals surface area contributed by atoms with Crippen molar-refractivity contribution in [1.82, 2.24) is 5.32 Å². The summed E-state index contributed by atoms with van der Waals surface area (Å²) >= 11 is 0. The largest absolute Gasteiger partial charge is 0.385 e. The summed E-state index contributed by atoms with van der Waals surface area (Å²) in [4.78, 5) is 0. The molecule has 10 heavy (non-hydrogen) atoms. The number of hydrogen-bond donors (Lipinski definition) is 1. The zero-order valence-corrected chi connectivity index (χ0v) is 6.58. The highest BCUT2D eigenvalue weighted by molar-refractivity contribution is 5.13. The third kappa shape index (κ3) is 5.35. The quantitative estimate of drug-likeness (QED) is 0.596. The maximum atomic E-state index is 12.1. The molecule has 0 aromatic rings. The minimum absolute atomic E-state index is 0.214. The standard InChI is InChI=1S/C8H14FN/c1-4-5-10-8(3)6-7(2)9/h6,10H,3-5H2,1-2H3/b7-6+. The maximum Gasteiger partial charge on any atom is 0.0989 e. The van der Waals surface area contributed by atoms with Crippen molar-refractivity contribution >= 4 is 0 Å². The minimum Gasteiger partial charge on any atom is -0.385 e. The molecule has 0 aromatic heterocycles. The molecule has 0 atom stereocenters. The van der Waals surface area contributed by atoms with Gasteiger partial charge in [0.1, 0.15) is 0 Å². The molecule has 0 amide bonds. The zero-order valence-electron chi connectivity index (χ0n) is 6.58. The molecule has 0 bridgehead atoms. The van der Waals surface area contributed by atoms with E-state index in [4.69, 9.17) is 0 Å². The number of hydrogen-bond acceptors (Lipinski definition) is 1. The summed E-state index contributed by atoms with van der Waals surface area (Å²) in [6.07, 6.45) is 2.41. The fourth-order valence-electron chi connectivity index (χ4n) is 0.577. The lowest BCUT2D eigenvalue weighted by Crippen LogP contribution is -2.11. The summed E-state index contributed by atoms with van der Waals surface area (Å²) in [5.41, 5.74) is 0.641. The summed E-state index contributed by atoms with van der Waals surface area (Å²) in [5.74, 6) is -0.214. The van der Waals surface area contributed by atoms with Crippen LogP contribution in [0, 0.1) is 0 Å². The zero-order chi connectivity index (χ0) is 7.98. The molecule has 0 aliphatic heterocycles. The molecule has 0 radical (unpaired) electrons. The third-order valence-corrected chi connectivity index (χ3v) is 0.975. The van der Waals surface area contributed by atoms with Crippen LogP contribution in [-0.4, -0.2) is 6.54 Å². The summed E-state index contributed by atoms with van der Waals surface area (Å²) in [6.45, 7) is 7.90. The molecule has 0 rings (SSSR count). The van der Waals surface area contributed by atoms with Crippen molar-refractivity contribution in [1.29, 1.82) is 0 Å². The molecule has 0 aliphatic rings. The highest BCUT2D eigenvalue weighted by atomic mass is 19.1. The molecule has 2 heteroatoms. The van der Waals surface area contributed by atoms with E-state index in [0.717, 1.165) is 13.0 Å². The Morgan fingerprint density at radius 2 is 2.30 bits per heavy atom. The van der Waals surface area contributed by atoms with Crippen LogP contribution in [-0.2, 0) is 0 Å². The van der Waals surface area contributed by atoms with E-state index in [9.17, 15) is 4.39 Å². The van der Waals surface area contributed by atoms with Gasteiger partial charge in [-0.05, 0) is 19.4 Å². The van der Waals surface area contributed by atoms with Gasteiger partial charge in [-0.3, -0.25) is 0 Å². The molecule has 0 aromatic carbocycles. The highest BCUT2D eigenvalue weighted by Crippen LogP contribution is 1.97. The van der Waals surface area contributed by atoms with E-state index in [-0.39, 0.29) is 5.83 Å². The van der Waals surface area contributed by atoms with Crippen LogP contribution in [0.5, 0.6) is 0 Å². The molecule has 0 spiro atoms. The van der Waals surface area contributed by atoms with E-state index in [2.05, 4.69) is 11.9 Å². The first kappa shape index (κ1) is 9.21. The van der Waals surface area contributed by atoms with Gasteiger partial charge in [0.15, 0.2) is 0 Å². The van der Waals surface area contributed by atoms with Crippen LogP contribution in [0.1, 0.15) is 20.3 Å². The Kier molecular flexibility index (Phi) is 4.63. The lowest BCUT2D eigenvalue weighted by atomic mass is 10.4. The Morgan fingerprint density at radius 3 is 2.70 bits per heavy atom. The average Bonchev–Trinajstić information content (AvgIpc) is 1.82. The van der Waals surface area contributed by atoms with Gasteiger partial charge in [-0.2, -0.15) is 0 Å². The monoisotopic (exact) mass is 143 g/mol. The smallest absolute Gasteiger partial charge is 0.0989 e. The first-order valence-electron chi connectivity index (χ1n) is 3.43. The van der Waals surface area contributed by atoms with Gasteiger partial charge in [-0.1, -0.05) is 13.5 Å². The lowest BCUT2D eigenvalue weighted by Gasteiger charge is -2.01. The molecule has 1 nitrogen and oxygen atoms in total. The van der Waals surface area contributed by atoms with Crippen LogP contribution in [0.3, 0.4) is 0 Å². The van der Waals surface area contributed by atoms with Crippen LogP contribution in [0.25, 0.3) is 0 Å². The molecule has 0 heterocycles. The van der Waals surface area contributed by atoms with Gasteiger partial charge in [0, 0.05) is 12.2 Å². The van der Waals surface area contributed by atoms with Crippen LogP contribution in [0.15, 0.2) is 24.2 Å². The third-order valence-electron chi connectivity index (χ3n) is 0.975. The van der Waals surface area contributed by atoms with Crippen LogP contribution in [0.2, 0.25) is 0 Å². The Hall–Kier alpha value is -0.790. The molecule has 0 saturated heterocycles. The molecular formula is C8H14FN. The molecule has 0 unspecified atom stereocenters. The summed E-state index contributed by atoms with van der Waals surface area (Å²) in [5, 5.41) is 2.95. The number of rotatable bonds is 4. The van der Waals surface area contributed by atoms with Crippen molar-refractivity contribution in [3.8, 4) is 0 Å². The number of halogens is 1. The van der Waals surface area contributed by atoms with Crippen LogP contribution in [0.4, 0.5) is 4.39 Å². The van der Waals surface area contributed by atoms with Crippen LogP contribution >= 0.6 is 0 Å². The maximum absolute atomic E-state index is 12.1. The van der Waals surface area contributed by atoms with Gasteiger partial charge in [0.2, 0.25) is 0 Å². The van der Waals surface area contributed by atoms with Crippen molar-refractivity contribution in [2.24, 2.45) is 0 Å². The van der Waals surface area contributed by atoms with Gasteiger partial charge in [0.25, 0.3) is 0 Å². The summed E-state index contributed by atoms with van der Waals surface area (Å²) < 4.78 is 12.1. The Balaban J connectivity index is 3.54. The molecule has 58 valence electrons. The fourth-order valence-corrected chi connectivity index (χ4v) is 0.577. The molecule has 0 saturated carbocycles. The second-order valence-corrected chi connectivity index (χ2v) is 2.18. The van der Waals surface area contributed by atoms with Crippen molar-refractivity contribution in [2.45, 2.75) is 20.3 Å². The first-order valence-corrected chi connectivity index (χ1v) is 3.43. The van der Waals surface area contributed by atoms with Gasteiger partial charge in [-0.25, -0.2) is 4.39 Å². The first-order chi connectivity index (χ1) is 4.66. The predicted molar refractivity (Wildman–Crippen MR) is 42.3 cm³/mol. The Bertz CT molecular complexity index is 134. The van der Waals surface area contributed by atoms with E-state index in [1.807, 2.05) is 6.92 Å². The highest BCUT2D eigenvalue weighted by Gasteiger charge is 1.87. The molecule has 1 N–H and O–H groups in total. The van der Waals surface area contributed by atoms with Gasteiger partial charge < -0.3 is 5.32 Å². The minimum atomic E-state index is -0.214. The fraction of sp³-hybridized carbons (Fsp3) is 0.500. The molecular weight excluding hydrogens is 129 g/mol. The van der Waals surface area contributed by atoms with Crippen molar-refractivity contribution in [3.63, 3.8) is 0 Å². The molecule has 0 fully saturated rings. The second-order valence-electron chi connectivity index (χ2n) is 2.18. The summed E-state index contributed by atoms with van der Waals surface area (Å²) in [6, 6.07) is 0. The second kappa shape index (κ2) is 5.03.